The highest BCUT2D eigenvalue weighted by atomic mass is 32.3. The maximum atomic E-state index is 12.4. The van der Waals surface area contributed by atoms with Gasteiger partial charge in [-0.15, -0.1) is 11.3 Å². The maximum absolute atomic E-state index is 12.4. The van der Waals surface area contributed by atoms with Crippen molar-refractivity contribution in [2.45, 2.75) is 46.9 Å². The lowest BCUT2D eigenvalue weighted by Crippen LogP contribution is -2.39. The fraction of sp³-hybridized carbons (Fsp3) is 0.583. The number of nitrogens with two attached hydrogens (primary N) is 1. The van der Waals surface area contributed by atoms with Gasteiger partial charge in [0, 0.05) is 19.0 Å². The Hall–Kier alpha value is -0.970. The summed E-state index contributed by atoms with van der Waals surface area (Å²) in [6.45, 7) is 5.17. The molecule has 22 heavy (non-hydrogen) atoms. The minimum atomic E-state index is -3.99. The van der Waals surface area contributed by atoms with E-state index in [4.69, 9.17) is 5.14 Å². The first-order chi connectivity index (χ1) is 10.00. The largest absolute Gasteiger partial charge is 0.336 e. The lowest BCUT2D eigenvalue weighted by Gasteiger charge is -2.35. The zero-order chi connectivity index (χ0) is 16.9. The van der Waals surface area contributed by atoms with Gasteiger partial charge in [0.2, 0.25) is 15.9 Å². The molecule has 1 aliphatic heterocycles. The monoisotopic (exact) mass is 366 g/mol. The average Bonchev–Trinajstić information content (AvgIpc) is 2.82. The van der Waals surface area contributed by atoms with Crippen molar-refractivity contribution in [3.05, 3.63) is 11.6 Å². The number of nitrogens with zero attached hydrogens (tertiary/aromatic N) is 1. The third kappa shape index (κ3) is 2.80. The summed E-state index contributed by atoms with van der Waals surface area (Å²) in [6, 6.07) is 0.831. The zero-order valence-electron chi connectivity index (χ0n) is 12.4. The number of fused-ring (bicyclic) bond motifs is 1. The standard InChI is InChI=1S/C12H18N2O5S3/c1-4-14(8(3)15)10-5-7(2)21(16,17)12-9(10)6-11(20-12)22(13,18)19/h6-7,10H,4-5H2,1-3H3,(H2,13,18,19)/t7-,10+/m1/s1. The Morgan fingerprint density at radius 1 is 1.50 bits per heavy atom. The lowest BCUT2D eigenvalue weighted by molar-refractivity contribution is -0.131. The van der Waals surface area contributed by atoms with E-state index in [0.29, 0.717) is 23.4 Å². The molecule has 2 atom stereocenters. The van der Waals surface area contributed by atoms with Crippen molar-refractivity contribution in [3.63, 3.8) is 0 Å². The smallest absolute Gasteiger partial charge is 0.247 e. The number of rotatable bonds is 3. The van der Waals surface area contributed by atoms with Crippen molar-refractivity contribution < 1.29 is 21.6 Å². The summed E-state index contributed by atoms with van der Waals surface area (Å²) in [7, 11) is -7.59. The van der Waals surface area contributed by atoms with Crippen LogP contribution in [0.25, 0.3) is 0 Å². The Morgan fingerprint density at radius 2 is 2.09 bits per heavy atom. The highest BCUT2D eigenvalue weighted by molar-refractivity contribution is 7.95. The van der Waals surface area contributed by atoms with Crippen LogP contribution >= 0.6 is 11.3 Å². The molecule has 0 spiro atoms. The second kappa shape index (κ2) is 5.59. The predicted octanol–water partition coefficient (Wildman–Crippen LogP) is 0.871. The van der Waals surface area contributed by atoms with E-state index in [9.17, 15) is 21.6 Å². The van der Waals surface area contributed by atoms with Gasteiger partial charge in [0.15, 0.2) is 9.84 Å². The Balaban J connectivity index is 2.70. The molecule has 0 radical (unpaired) electrons. The summed E-state index contributed by atoms with van der Waals surface area (Å²) in [5.74, 6) is -0.187. The first-order valence-corrected chi connectivity index (χ1v) is 10.6. The molecule has 10 heteroatoms. The Bertz CT molecular complexity index is 810. The van der Waals surface area contributed by atoms with E-state index in [-0.39, 0.29) is 20.7 Å². The summed E-state index contributed by atoms with van der Waals surface area (Å²) in [6.07, 6.45) is 0.240. The molecule has 0 aromatic carbocycles. The molecule has 1 aliphatic rings. The molecule has 124 valence electrons. The van der Waals surface area contributed by atoms with Crippen LogP contribution in [-0.2, 0) is 24.7 Å². The molecule has 0 saturated carbocycles. The lowest BCUT2D eigenvalue weighted by atomic mass is 10.0. The van der Waals surface area contributed by atoms with Crippen molar-refractivity contribution >= 4 is 37.1 Å². The molecule has 2 N–H and O–H groups in total. The number of carbonyl (C=O) groups excluding carboxylic acids is 1. The van der Waals surface area contributed by atoms with E-state index in [1.165, 1.54) is 13.0 Å². The van der Waals surface area contributed by atoms with E-state index in [2.05, 4.69) is 0 Å². The van der Waals surface area contributed by atoms with Crippen LogP contribution in [0, 0.1) is 0 Å². The molecular formula is C12H18N2O5S3. The number of amides is 1. The van der Waals surface area contributed by atoms with E-state index in [0.717, 1.165) is 0 Å². The summed E-state index contributed by atoms with van der Waals surface area (Å²) >= 11 is 0.657. The first-order valence-electron chi connectivity index (χ1n) is 6.67. The number of thiophene rings is 1. The van der Waals surface area contributed by atoms with Crippen LogP contribution in [0.4, 0.5) is 0 Å². The van der Waals surface area contributed by atoms with Crippen LogP contribution in [0.3, 0.4) is 0 Å². The van der Waals surface area contributed by atoms with Crippen molar-refractivity contribution in [2.24, 2.45) is 5.14 Å². The van der Waals surface area contributed by atoms with Gasteiger partial charge in [-0.05, 0) is 26.3 Å². The highest BCUT2D eigenvalue weighted by Crippen LogP contribution is 2.44. The first kappa shape index (κ1) is 17.4. The van der Waals surface area contributed by atoms with Gasteiger partial charge in [-0.1, -0.05) is 0 Å². The van der Waals surface area contributed by atoms with Crippen LogP contribution in [0.15, 0.2) is 14.5 Å². The van der Waals surface area contributed by atoms with Gasteiger partial charge in [0.25, 0.3) is 0 Å². The topological polar surface area (TPSA) is 115 Å². The maximum Gasteiger partial charge on any atom is 0.247 e. The SMILES string of the molecule is CCN(C(C)=O)[C@H]1C[C@@H](C)S(=O)(=O)c2sc(S(N)(=O)=O)cc21. The molecule has 1 aromatic heterocycles. The molecule has 0 saturated heterocycles. The Labute approximate surface area is 134 Å². The number of primary sulfonamides is 1. The summed E-state index contributed by atoms with van der Waals surface area (Å²) in [5, 5.41) is 4.42. The zero-order valence-corrected chi connectivity index (χ0v) is 14.9. The van der Waals surface area contributed by atoms with Crippen LogP contribution in [-0.4, -0.2) is 39.4 Å². The highest BCUT2D eigenvalue weighted by Gasteiger charge is 2.41. The van der Waals surface area contributed by atoms with Gasteiger partial charge in [0.05, 0.1) is 11.3 Å². The molecule has 2 rings (SSSR count). The molecule has 1 amide bonds. The van der Waals surface area contributed by atoms with Gasteiger partial charge in [-0.3, -0.25) is 4.79 Å². The quantitative estimate of drug-likeness (QED) is 0.852. The number of hydrogen-bond donors (Lipinski definition) is 1. The summed E-state index contributed by atoms with van der Waals surface area (Å²) in [5.41, 5.74) is 0.351. The molecule has 0 bridgehead atoms. The Morgan fingerprint density at radius 3 is 2.55 bits per heavy atom. The van der Waals surface area contributed by atoms with E-state index in [1.54, 1.807) is 18.7 Å². The van der Waals surface area contributed by atoms with Crippen molar-refractivity contribution in [2.75, 3.05) is 6.54 Å². The number of sulfonamides is 1. The Kier molecular flexibility index (Phi) is 4.42. The van der Waals surface area contributed by atoms with E-state index >= 15 is 0 Å². The minimum absolute atomic E-state index is 0.0000231. The molecule has 0 fully saturated rings. The number of carbonyl (C=O) groups is 1. The van der Waals surface area contributed by atoms with Crippen LogP contribution in [0.2, 0.25) is 0 Å². The number of sulfone groups is 1. The predicted molar refractivity (Wildman–Crippen MR) is 82.8 cm³/mol. The van der Waals surface area contributed by atoms with Gasteiger partial charge in [-0.2, -0.15) is 0 Å². The van der Waals surface area contributed by atoms with Gasteiger partial charge >= 0.3 is 0 Å². The third-order valence-electron chi connectivity index (χ3n) is 3.81. The van der Waals surface area contributed by atoms with Crippen molar-refractivity contribution in [1.82, 2.24) is 4.90 Å². The van der Waals surface area contributed by atoms with Crippen molar-refractivity contribution in [3.8, 4) is 0 Å². The molecule has 1 aromatic rings. The molecule has 2 heterocycles. The van der Waals surface area contributed by atoms with Crippen LogP contribution in [0.1, 0.15) is 38.8 Å². The molecular weight excluding hydrogens is 348 g/mol. The summed E-state index contributed by atoms with van der Waals surface area (Å²) < 4.78 is 47.8. The molecule has 7 nitrogen and oxygen atoms in total. The second-order valence-corrected chi connectivity index (χ2v) is 10.7. The summed E-state index contributed by atoms with van der Waals surface area (Å²) in [4.78, 5) is 13.3. The minimum Gasteiger partial charge on any atom is -0.336 e. The van der Waals surface area contributed by atoms with E-state index in [1.807, 2.05) is 0 Å². The third-order valence-corrected chi connectivity index (χ3v) is 9.12. The fourth-order valence-electron chi connectivity index (χ4n) is 2.67. The van der Waals surface area contributed by atoms with Crippen LogP contribution in [0.5, 0.6) is 0 Å². The molecule has 0 unspecified atom stereocenters. The van der Waals surface area contributed by atoms with Crippen LogP contribution < -0.4 is 5.14 Å². The fourth-order valence-corrected chi connectivity index (χ4v) is 7.07. The average molecular weight is 366 g/mol. The number of hydrogen-bond acceptors (Lipinski definition) is 6. The second-order valence-electron chi connectivity index (χ2n) is 5.27. The van der Waals surface area contributed by atoms with Gasteiger partial charge < -0.3 is 4.90 Å². The van der Waals surface area contributed by atoms with Gasteiger partial charge in [0.1, 0.15) is 8.42 Å². The molecule has 0 aliphatic carbocycles. The normalized spacial score (nSPS) is 23.8. The van der Waals surface area contributed by atoms with Crippen molar-refractivity contribution in [1.29, 1.82) is 0 Å². The van der Waals surface area contributed by atoms with E-state index < -0.39 is 31.2 Å². The van der Waals surface area contributed by atoms with Gasteiger partial charge in [-0.25, -0.2) is 22.0 Å².